The average Bonchev–Trinajstić information content (AvgIpc) is 2.74. The van der Waals surface area contributed by atoms with Crippen LogP contribution in [0.4, 0.5) is 0 Å². The monoisotopic (exact) mass is 293 g/mol. The lowest BCUT2D eigenvalue weighted by molar-refractivity contribution is 0.0957. The first-order valence-electron chi connectivity index (χ1n) is 7.66. The number of hydrogen-bond acceptors (Lipinski definition) is 2. The molecule has 1 aromatic rings. The molecule has 20 heavy (non-hydrogen) atoms. The van der Waals surface area contributed by atoms with E-state index in [-0.39, 0.29) is 5.78 Å². The van der Waals surface area contributed by atoms with E-state index < -0.39 is 0 Å². The van der Waals surface area contributed by atoms with E-state index in [1.165, 1.54) is 38.5 Å². The van der Waals surface area contributed by atoms with Gasteiger partial charge in [0, 0.05) is 29.6 Å². The first kappa shape index (κ1) is 15.5. The number of halogens is 1. The molecule has 0 bridgehead atoms. The van der Waals surface area contributed by atoms with Gasteiger partial charge in [-0.3, -0.25) is 4.79 Å². The third-order valence-electron chi connectivity index (χ3n) is 4.31. The zero-order chi connectivity index (χ0) is 14.4. The molecular formula is C17H24ClNO. The van der Waals surface area contributed by atoms with Gasteiger partial charge in [-0.15, -0.1) is 0 Å². The summed E-state index contributed by atoms with van der Waals surface area (Å²) in [5, 5.41) is 0.678. The maximum atomic E-state index is 12.1. The topological polar surface area (TPSA) is 20.3 Å². The smallest absolute Gasteiger partial charge is 0.164 e. The molecule has 2 rings (SSSR count). The molecule has 0 spiro atoms. The Morgan fingerprint density at radius 1 is 1.15 bits per heavy atom. The zero-order valence-corrected chi connectivity index (χ0v) is 13.0. The standard InChI is InChI=1S/C17H24ClNO/c1-19(16-6-4-2-3-5-7-16)13-12-17(20)14-8-10-15(18)11-9-14/h8-11,16H,2-7,12-13H2,1H3. The summed E-state index contributed by atoms with van der Waals surface area (Å²) < 4.78 is 0. The number of rotatable bonds is 5. The van der Waals surface area contributed by atoms with Crippen molar-refractivity contribution in [3.8, 4) is 0 Å². The maximum absolute atomic E-state index is 12.1. The molecule has 0 unspecified atom stereocenters. The summed E-state index contributed by atoms with van der Waals surface area (Å²) in [6, 6.07) is 7.86. The zero-order valence-electron chi connectivity index (χ0n) is 12.3. The maximum Gasteiger partial charge on any atom is 0.164 e. The number of benzene rings is 1. The second kappa shape index (κ2) is 7.80. The van der Waals surface area contributed by atoms with Crippen LogP contribution >= 0.6 is 11.6 Å². The SMILES string of the molecule is CN(CCC(=O)c1ccc(Cl)cc1)C1CCCCCC1. The number of Topliss-reactive ketones (excluding diaryl/α,β-unsaturated/α-hetero) is 1. The Labute approximate surface area is 127 Å². The van der Waals surface area contributed by atoms with Gasteiger partial charge in [-0.05, 0) is 44.2 Å². The molecule has 110 valence electrons. The van der Waals surface area contributed by atoms with Crippen LogP contribution < -0.4 is 0 Å². The van der Waals surface area contributed by atoms with E-state index in [1.54, 1.807) is 12.1 Å². The molecule has 1 fully saturated rings. The normalized spacial score (nSPS) is 17.1. The second-order valence-corrected chi connectivity index (χ2v) is 6.24. The highest BCUT2D eigenvalue weighted by Crippen LogP contribution is 2.21. The van der Waals surface area contributed by atoms with Crippen molar-refractivity contribution in [3.63, 3.8) is 0 Å². The van der Waals surface area contributed by atoms with E-state index in [1.807, 2.05) is 12.1 Å². The molecule has 1 aliphatic carbocycles. The van der Waals surface area contributed by atoms with Crippen LogP contribution in [0.15, 0.2) is 24.3 Å². The minimum absolute atomic E-state index is 0.210. The van der Waals surface area contributed by atoms with E-state index in [4.69, 9.17) is 11.6 Å². The summed E-state index contributed by atoms with van der Waals surface area (Å²) >= 11 is 5.84. The Morgan fingerprint density at radius 3 is 2.35 bits per heavy atom. The minimum atomic E-state index is 0.210. The first-order valence-corrected chi connectivity index (χ1v) is 8.03. The van der Waals surface area contributed by atoms with Gasteiger partial charge in [0.15, 0.2) is 5.78 Å². The quantitative estimate of drug-likeness (QED) is 0.585. The number of carbonyl (C=O) groups is 1. The molecule has 1 aromatic carbocycles. The van der Waals surface area contributed by atoms with E-state index in [0.717, 1.165) is 12.1 Å². The molecule has 2 nitrogen and oxygen atoms in total. The minimum Gasteiger partial charge on any atom is -0.303 e. The first-order chi connectivity index (χ1) is 9.66. The molecule has 1 saturated carbocycles. The Bertz CT molecular complexity index is 421. The molecule has 0 radical (unpaired) electrons. The van der Waals surface area contributed by atoms with Crippen molar-refractivity contribution in [2.45, 2.75) is 51.0 Å². The van der Waals surface area contributed by atoms with E-state index in [0.29, 0.717) is 17.5 Å². The molecule has 1 aliphatic rings. The van der Waals surface area contributed by atoms with Gasteiger partial charge >= 0.3 is 0 Å². The Hall–Kier alpha value is -0.860. The third kappa shape index (κ3) is 4.60. The van der Waals surface area contributed by atoms with Crippen LogP contribution in [0.5, 0.6) is 0 Å². The summed E-state index contributed by atoms with van der Waals surface area (Å²) in [6.45, 7) is 0.853. The third-order valence-corrected chi connectivity index (χ3v) is 4.56. The van der Waals surface area contributed by atoms with Crippen molar-refractivity contribution in [3.05, 3.63) is 34.9 Å². The Balaban J connectivity index is 1.81. The van der Waals surface area contributed by atoms with Gasteiger partial charge in [-0.2, -0.15) is 0 Å². The van der Waals surface area contributed by atoms with E-state index in [2.05, 4.69) is 11.9 Å². The van der Waals surface area contributed by atoms with Crippen molar-refractivity contribution in [1.82, 2.24) is 4.90 Å². The highest BCUT2D eigenvalue weighted by Gasteiger charge is 2.17. The van der Waals surface area contributed by atoms with Gasteiger partial charge in [0.05, 0.1) is 0 Å². The number of carbonyl (C=O) groups excluding carboxylic acids is 1. The van der Waals surface area contributed by atoms with Crippen LogP contribution in [0.1, 0.15) is 55.3 Å². The lowest BCUT2D eigenvalue weighted by atomic mass is 10.1. The van der Waals surface area contributed by atoms with Crippen molar-refractivity contribution in [1.29, 1.82) is 0 Å². The molecule has 0 heterocycles. The Morgan fingerprint density at radius 2 is 1.75 bits per heavy atom. The van der Waals surface area contributed by atoms with Crippen LogP contribution in [-0.2, 0) is 0 Å². The highest BCUT2D eigenvalue weighted by atomic mass is 35.5. The summed E-state index contributed by atoms with van der Waals surface area (Å²) in [6.07, 6.45) is 8.56. The van der Waals surface area contributed by atoms with Gasteiger partial charge in [0.25, 0.3) is 0 Å². The predicted molar refractivity (Wildman–Crippen MR) is 84.5 cm³/mol. The van der Waals surface area contributed by atoms with Gasteiger partial charge in [-0.1, -0.05) is 37.3 Å². The highest BCUT2D eigenvalue weighted by molar-refractivity contribution is 6.30. The summed E-state index contributed by atoms with van der Waals surface area (Å²) in [5.74, 6) is 0.210. The molecule has 0 saturated heterocycles. The van der Waals surface area contributed by atoms with Gasteiger partial charge in [-0.25, -0.2) is 0 Å². The number of ketones is 1. The van der Waals surface area contributed by atoms with E-state index in [9.17, 15) is 4.79 Å². The van der Waals surface area contributed by atoms with Crippen molar-refractivity contribution >= 4 is 17.4 Å². The lowest BCUT2D eigenvalue weighted by Crippen LogP contribution is -2.33. The largest absolute Gasteiger partial charge is 0.303 e. The fourth-order valence-electron chi connectivity index (χ4n) is 2.94. The van der Waals surface area contributed by atoms with Gasteiger partial charge in [0.1, 0.15) is 0 Å². The molecule has 0 amide bonds. The molecule has 0 aromatic heterocycles. The Kier molecular flexibility index (Phi) is 6.06. The second-order valence-electron chi connectivity index (χ2n) is 5.81. The molecular weight excluding hydrogens is 270 g/mol. The van der Waals surface area contributed by atoms with Crippen molar-refractivity contribution in [2.24, 2.45) is 0 Å². The fraction of sp³-hybridized carbons (Fsp3) is 0.588. The van der Waals surface area contributed by atoms with Crippen molar-refractivity contribution in [2.75, 3.05) is 13.6 Å². The van der Waals surface area contributed by atoms with Gasteiger partial charge < -0.3 is 4.90 Å². The number of hydrogen-bond donors (Lipinski definition) is 0. The molecule has 0 aliphatic heterocycles. The predicted octanol–water partition coefficient (Wildman–Crippen LogP) is 4.57. The van der Waals surface area contributed by atoms with E-state index >= 15 is 0 Å². The number of nitrogens with zero attached hydrogens (tertiary/aromatic N) is 1. The molecule has 3 heteroatoms. The summed E-state index contributed by atoms with van der Waals surface area (Å²) in [7, 11) is 2.16. The van der Waals surface area contributed by atoms with Crippen LogP contribution in [0.3, 0.4) is 0 Å². The van der Waals surface area contributed by atoms with Crippen LogP contribution in [0.25, 0.3) is 0 Å². The van der Waals surface area contributed by atoms with Crippen LogP contribution in [-0.4, -0.2) is 30.3 Å². The summed E-state index contributed by atoms with van der Waals surface area (Å²) in [4.78, 5) is 14.5. The lowest BCUT2D eigenvalue weighted by Gasteiger charge is -2.26. The van der Waals surface area contributed by atoms with Crippen LogP contribution in [0.2, 0.25) is 5.02 Å². The fourth-order valence-corrected chi connectivity index (χ4v) is 3.07. The average molecular weight is 294 g/mol. The molecule has 0 atom stereocenters. The molecule has 0 N–H and O–H groups in total. The summed E-state index contributed by atoms with van der Waals surface area (Å²) in [5.41, 5.74) is 0.767. The van der Waals surface area contributed by atoms with Crippen molar-refractivity contribution < 1.29 is 4.79 Å². The van der Waals surface area contributed by atoms with Crippen LogP contribution in [0, 0.1) is 0 Å². The van der Waals surface area contributed by atoms with Gasteiger partial charge in [0.2, 0.25) is 0 Å².